The van der Waals surface area contributed by atoms with Gasteiger partial charge in [0.2, 0.25) is 6.19 Å². The predicted octanol–water partition coefficient (Wildman–Crippen LogP) is 3.92. The van der Waals surface area contributed by atoms with Gasteiger partial charge in [0.25, 0.3) is 0 Å². The van der Waals surface area contributed by atoms with E-state index < -0.39 is 0 Å². The third-order valence-corrected chi connectivity index (χ3v) is 4.76. The normalized spacial score (nSPS) is 12.5. The van der Waals surface area contributed by atoms with Crippen molar-refractivity contribution in [1.82, 2.24) is 0 Å². The first-order valence-electron chi connectivity index (χ1n) is 7.69. The molecule has 0 unspecified atom stereocenters. The summed E-state index contributed by atoms with van der Waals surface area (Å²) < 4.78 is 0. The van der Waals surface area contributed by atoms with Crippen LogP contribution in [0.25, 0.3) is 43.1 Å². The van der Waals surface area contributed by atoms with E-state index >= 15 is 0 Å². The topological polar surface area (TPSA) is 53.2 Å². The van der Waals surface area contributed by atoms with E-state index in [4.69, 9.17) is 5.26 Å². The number of hydrogen-bond donors (Lipinski definition) is 0. The van der Waals surface area contributed by atoms with Crippen molar-refractivity contribution in [2.45, 2.75) is 0 Å². The molecular weight excluding hydrogens is 296 g/mol. The molecule has 0 amide bonds. The van der Waals surface area contributed by atoms with Crippen LogP contribution in [-0.2, 0) is 0 Å². The van der Waals surface area contributed by atoms with E-state index in [1.165, 1.54) is 0 Å². The lowest BCUT2D eigenvalue weighted by Crippen LogP contribution is -1.98. The largest absolute Gasteiger partial charge is 0.289 e. The van der Waals surface area contributed by atoms with Crippen LogP contribution in [0, 0.1) is 11.5 Å². The van der Waals surface area contributed by atoms with Gasteiger partial charge in [-0.05, 0) is 16.2 Å². The van der Waals surface area contributed by atoms with Crippen LogP contribution >= 0.6 is 0 Å². The van der Waals surface area contributed by atoms with E-state index in [2.05, 4.69) is 4.99 Å². The molecule has 0 bridgehead atoms. The molecule has 0 atom stereocenters. The Bertz CT molecular complexity index is 1430. The van der Waals surface area contributed by atoms with Crippen molar-refractivity contribution >= 4 is 43.1 Å². The van der Waals surface area contributed by atoms with E-state index in [9.17, 15) is 4.79 Å². The molecule has 0 aromatic heterocycles. The lowest BCUT2D eigenvalue weighted by atomic mass is 10.1. The number of nitrogens with zero attached hydrogens (tertiary/aromatic N) is 2. The predicted molar refractivity (Wildman–Crippen MR) is 96.3 cm³/mol. The van der Waals surface area contributed by atoms with Crippen LogP contribution in [0.15, 0.2) is 70.5 Å². The molecule has 0 saturated heterocycles. The molecule has 3 nitrogen and oxygen atoms in total. The maximum Gasteiger partial charge on any atom is 0.206 e. The SMILES string of the molecule is N#C/N=c1\c2ccccc2c2c1ccc1c3ccccc3c(=O)c12. The Morgan fingerprint density at radius 1 is 0.667 bits per heavy atom. The highest BCUT2D eigenvalue weighted by molar-refractivity contribution is 6.28. The summed E-state index contributed by atoms with van der Waals surface area (Å²) in [7, 11) is 0. The lowest BCUT2D eigenvalue weighted by Gasteiger charge is -1.95. The molecule has 0 radical (unpaired) electrons. The Hall–Kier alpha value is -3.51. The first-order chi connectivity index (χ1) is 11.8. The van der Waals surface area contributed by atoms with Crippen LogP contribution in [-0.4, -0.2) is 0 Å². The van der Waals surface area contributed by atoms with Crippen molar-refractivity contribution in [3.05, 3.63) is 76.2 Å². The molecule has 0 aliphatic carbocycles. The van der Waals surface area contributed by atoms with E-state index in [0.29, 0.717) is 5.36 Å². The van der Waals surface area contributed by atoms with Gasteiger partial charge in [-0.15, -0.1) is 0 Å². The van der Waals surface area contributed by atoms with E-state index in [1.54, 1.807) is 0 Å². The van der Waals surface area contributed by atoms with Crippen LogP contribution in [0.2, 0.25) is 0 Å². The molecule has 24 heavy (non-hydrogen) atoms. The van der Waals surface area contributed by atoms with E-state index in [0.717, 1.165) is 43.1 Å². The van der Waals surface area contributed by atoms with Crippen LogP contribution in [0.1, 0.15) is 0 Å². The van der Waals surface area contributed by atoms with Gasteiger partial charge in [0.15, 0.2) is 5.43 Å². The average Bonchev–Trinajstić information content (AvgIpc) is 3.10. The quantitative estimate of drug-likeness (QED) is 0.407. The van der Waals surface area contributed by atoms with Crippen molar-refractivity contribution in [1.29, 1.82) is 5.26 Å². The molecule has 0 spiro atoms. The second-order valence-electron chi connectivity index (χ2n) is 5.89. The third-order valence-electron chi connectivity index (χ3n) is 4.76. The van der Waals surface area contributed by atoms with Gasteiger partial charge in [0, 0.05) is 26.9 Å². The molecule has 0 fully saturated rings. The number of fused-ring (bicyclic) bond motifs is 7. The lowest BCUT2D eigenvalue weighted by molar-refractivity contribution is 1.37. The second kappa shape index (κ2) is 4.50. The van der Waals surface area contributed by atoms with Crippen molar-refractivity contribution < 1.29 is 0 Å². The number of benzene rings is 3. The summed E-state index contributed by atoms with van der Waals surface area (Å²) >= 11 is 0. The van der Waals surface area contributed by atoms with E-state index in [-0.39, 0.29) is 5.43 Å². The maximum absolute atomic E-state index is 13.0. The minimum Gasteiger partial charge on any atom is -0.289 e. The molecule has 0 N–H and O–H groups in total. The van der Waals surface area contributed by atoms with E-state index in [1.807, 2.05) is 66.9 Å². The minimum absolute atomic E-state index is 0.0467. The fourth-order valence-corrected chi connectivity index (χ4v) is 3.81. The Kier molecular flexibility index (Phi) is 2.43. The maximum atomic E-state index is 13.0. The molecule has 0 heterocycles. The summed E-state index contributed by atoms with van der Waals surface area (Å²) in [4.78, 5) is 17.0. The first-order valence-corrected chi connectivity index (χ1v) is 7.69. The average molecular weight is 306 g/mol. The minimum atomic E-state index is 0.0467. The molecule has 0 aliphatic rings. The van der Waals surface area contributed by atoms with Gasteiger partial charge in [-0.2, -0.15) is 10.3 Å². The fourth-order valence-electron chi connectivity index (χ4n) is 3.81. The molecule has 5 rings (SSSR count). The van der Waals surface area contributed by atoms with Gasteiger partial charge >= 0.3 is 0 Å². The highest BCUT2D eigenvalue weighted by Gasteiger charge is 2.17. The van der Waals surface area contributed by atoms with Crippen LogP contribution in [0.5, 0.6) is 0 Å². The molecule has 5 aromatic rings. The van der Waals surface area contributed by atoms with Gasteiger partial charge in [-0.3, -0.25) is 4.79 Å². The summed E-state index contributed by atoms with van der Waals surface area (Å²) in [5.41, 5.74) is 0.0467. The summed E-state index contributed by atoms with van der Waals surface area (Å²) in [6.45, 7) is 0. The fraction of sp³-hybridized carbons (Fsp3) is 0. The van der Waals surface area contributed by atoms with Crippen molar-refractivity contribution in [2.75, 3.05) is 0 Å². The van der Waals surface area contributed by atoms with Crippen molar-refractivity contribution in [3.8, 4) is 6.19 Å². The first kappa shape index (κ1) is 13.0. The summed E-state index contributed by atoms with van der Waals surface area (Å²) in [6.07, 6.45) is 1.89. The molecule has 3 heteroatoms. The number of nitriles is 1. The van der Waals surface area contributed by atoms with Gasteiger partial charge in [0.05, 0.1) is 5.36 Å². The Labute approximate surface area is 136 Å². The molecule has 0 aliphatic heterocycles. The monoisotopic (exact) mass is 306 g/mol. The zero-order chi connectivity index (χ0) is 16.3. The smallest absolute Gasteiger partial charge is 0.206 e. The zero-order valence-electron chi connectivity index (χ0n) is 12.6. The molecule has 5 aromatic carbocycles. The zero-order valence-corrected chi connectivity index (χ0v) is 12.6. The van der Waals surface area contributed by atoms with Crippen molar-refractivity contribution in [3.63, 3.8) is 0 Å². The van der Waals surface area contributed by atoms with Gasteiger partial charge in [0.1, 0.15) is 0 Å². The number of rotatable bonds is 0. The standard InChI is InChI=1S/C21H10N2O/c22-11-23-20-15-7-3-2-6-13(15)18-17(20)10-9-14-12-5-1-4-8-16(12)21(24)19(14)18/h1-10H/b23-20+. The Morgan fingerprint density at radius 3 is 2.00 bits per heavy atom. The van der Waals surface area contributed by atoms with Crippen molar-refractivity contribution in [2.24, 2.45) is 4.99 Å². The number of hydrogen-bond acceptors (Lipinski definition) is 3. The molecule has 0 saturated carbocycles. The van der Waals surface area contributed by atoms with Crippen LogP contribution in [0.3, 0.4) is 0 Å². The Balaban J connectivity index is 2.23. The summed E-state index contributed by atoms with van der Waals surface area (Å²) in [6, 6.07) is 19.4. The van der Waals surface area contributed by atoms with Crippen LogP contribution < -0.4 is 10.8 Å². The summed E-state index contributed by atoms with van der Waals surface area (Å²) in [5.74, 6) is 0. The Morgan fingerprint density at radius 2 is 1.25 bits per heavy atom. The summed E-state index contributed by atoms with van der Waals surface area (Å²) in [5, 5.41) is 16.8. The second-order valence-corrected chi connectivity index (χ2v) is 5.89. The highest BCUT2D eigenvalue weighted by atomic mass is 16.1. The van der Waals surface area contributed by atoms with Gasteiger partial charge < -0.3 is 0 Å². The molecule has 110 valence electrons. The van der Waals surface area contributed by atoms with Crippen LogP contribution in [0.4, 0.5) is 0 Å². The highest BCUT2D eigenvalue weighted by Crippen LogP contribution is 2.33. The van der Waals surface area contributed by atoms with Gasteiger partial charge in [-0.25, -0.2) is 0 Å². The molecular formula is C21H10N2O. The third kappa shape index (κ3) is 1.45. The van der Waals surface area contributed by atoms with Gasteiger partial charge in [-0.1, -0.05) is 60.7 Å².